The highest BCUT2D eigenvalue weighted by molar-refractivity contribution is 9.10. The largest absolute Gasteiger partial charge is 0.330 e. The minimum atomic E-state index is -0.130. The van der Waals surface area contributed by atoms with E-state index in [9.17, 15) is 4.39 Å². The van der Waals surface area contributed by atoms with Crippen LogP contribution in [0.15, 0.2) is 16.6 Å². The molecule has 0 unspecified atom stereocenters. The third-order valence-electron chi connectivity index (χ3n) is 1.98. The summed E-state index contributed by atoms with van der Waals surface area (Å²) in [4.78, 5) is 0. The van der Waals surface area contributed by atoms with E-state index < -0.39 is 0 Å². The Labute approximate surface area is 86.3 Å². The van der Waals surface area contributed by atoms with Crippen LogP contribution < -0.4 is 5.73 Å². The number of nitrogens with two attached hydrogens (primary N) is 1. The Hall–Kier alpha value is -0.410. The first kappa shape index (κ1) is 10.7. The van der Waals surface area contributed by atoms with Crippen molar-refractivity contribution in [2.45, 2.75) is 19.8 Å². The Bertz CT molecular complexity index is 299. The zero-order chi connectivity index (χ0) is 9.84. The van der Waals surface area contributed by atoms with Crippen LogP contribution in [-0.4, -0.2) is 6.54 Å². The van der Waals surface area contributed by atoms with E-state index in [2.05, 4.69) is 15.9 Å². The van der Waals surface area contributed by atoms with E-state index in [1.807, 2.05) is 13.0 Å². The molecular formula is C10H13BrFN. The SMILES string of the molecule is Cc1cc(F)c(CCCN)cc1Br. The van der Waals surface area contributed by atoms with E-state index >= 15 is 0 Å². The monoisotopic (exact) mass is 245 g/mol. The molecule has 0 spiro atoms. The summed E-state index contributed by atoms with van der Waals surface area (Å²) >= 11 is 3.37. The van der Waals surface area contributed by atoms with Crippen molar-refractivity contribution < 1.29 is 4.39 Å². The summed E-state index contributed by atoms with van der Waals surface area (Å²) < 4.78 is 14.3. The van der Waals surface area contributed by atoms with Crippen molar-refractivity contribution in [2.24, 2.45) is 5.73 Å². The Morgan fingerprint density at radius 2 is 2.15 bits per heavy atom. The van der Waals surface area contributed by atoms with Gasteiger partial charge in [0, 0.05) is 4.47 Å². The molecule has 1 rings (SSSR count). The summed E-state index contributed by atoms with van der Waals surface area (Å²) in [5.41, 5.74) is 7.02. The predicted octanol–water partition coefficient (Wildman–Crippen LogP) is 2.79. The Morgan fingerprint density at radius 3 is 2.77 bits per heavy atom. The van der Waals surface area contributed by atoms with Crippen molar-refractivity contribution in [3.8, 4) is 0 Å². The zero-order valence-electron chi connectivity index (χ0n) is 7.61. The molecule has 72 valence electrons. The number of hydrogen-bond acceptors (Lipinski definition) is 1. The van der Waals surface area contributed by atoms with Crippen LogP contribution in [0.1, 0.15) is 17.5 Å². The molecule has 13 heavy (non-hydrogen) atoms. The molecule has 0 amide bonds. The van der Waals surface area contributed by atoms with Crippen LogP contribution in [0.25, 0.3) is 0 Å². The van der Waals surface area contributed by atoms with Crippen LogP contribution in [0.2, 0.25) is 0 Å². The van der Waals surface area contributed by atoms with Crippen molar-refractivity contribution in [3.05, 3.63) is 33.5 Å². The quantitative estimate of drug-likeness (QED) is 0.871. The second-order valence-electron chi connectivity index (χ2n) is 3.09. The molecule has 0 radical (unpaired) electrons. The van der Waals surface area contributed by atoms with Crippen LogP contribution in [0.3, 0.4) is 0 Å². The summed E-state index contributed by atoms with van der Waals surface area (Å²) in [5, 5.41) is 0. The summed E-state index contributed by atoms with van der Waals surface area (Å²) in [7, 11) is 0. The van der Waals surface area contributed by atoms with Gasteiger partial charge in [-0.15, -0.1) is 0 Å². The van der Waals surface area contributed by atoms with E-state index in [1.54, 1.807) is 6.07 Å². The molecule has 0 aliphatic heterocycles. The van der Waals surface area contributed by atoms with Gasteiger partial charge in [-0.2, -0.15) is 0 Å². The van der Waals surface area contributed by atoms with Crippen molar-refractivity contribution in [1.29, 1.82) is 0 Å². The topological polar surface area (TPSA) is 26.0 Å². The lowest BCUT2D eigenvalue weighted by atomic mass is 10.1. The first-order chi connectivity index (χ1) is 6.15. The molecule has 0 aromatic heterocycles. The van der Waals surface area contributed by atoms with Gasteiger partial charge < -0.3 is 5.73 Å². The highest BCUT2D eigenvalue weighted by Gasteiger charge is 2.04. The molecule has 0 atom stereocenters. The Morgan fingerprint density at radius 1 is 1.46 bits per heavy atom. The minimum absolute atomic E-state index is 0.130. The zero-order valence-corrected chi connectivity index (χ0v) is 9.20. The van der Waals surface area contributed by atoms with Crippen molar-refractivity contribution in [1.82, 2.24) is 0 Å². The maximum Gasteiger partial charge on any atom is 0.126 e. The van der Waals surface area contributed by atoms with E-state index in [0.29, 0.717) is 13.0 Å². The summed E-state index contributed by atoms with van der Waals surface area (Å²) in [6.07, 6.45) is 1.54. The third kappa shape index (κ3) is 2.78. The number of hydrogen-bond donors (Lipinski definition) is 1. The van der Waals surface area contributed by atoms with Gasteiger partial charge >= 0.3 is 0 Å². The van der Waals surface area contributed by atoms with E-state index in [1.165, 1.54) is 0 Å². The fourth-order valence-corrected chi connectivity index (χ4v) is 1.56. The van der Waals surface area contributed by atoms with Gasteiger partial charge in [-0.25, -0.2) is 4.39 Å². The van der Waals surface area contributed by atoms with Gasteiger partial charge in [0.2, 0.25) is 0 Å². The van der Waals surface area contributed by atoms with E-state index in [-0.39, 0.29) is 5.82 Å². The van der Waals surface area contributed by atoms with Gasteiger partial charge in [-0.1, -0.05) is 15.9 Å². The first-order valence-corrected chi connectivity index (χ1v) is 5.09. The van der Waals surface area contributed by atoms with Crippen molar-refractivity contribution in [3.63, 3.8) is 0 Å². The van der Waals surface area contributed by atoms with Gasteiger partial charge in [-0.3, -0.25) is 0 Å². The fourth-order valence-electron chi connectivity index (χ4n) is 1.17. The van der Waals surface area contributed by atoms with E-state index in [0.717, 1.165) is 22.0 Å². The molecule has 0 heterocycles. The van der Waals surface area contributed by atoms with E-state index in [4.69, 9.17) is 5.73 Å². The average Bonchev–Trinajstić information content (AvgIpc) is 2.09. The van der Waals surface area contributed by atoms with Gasteiger partial charge in [-0.05, 0) is 49.6 Å². The lowest BCUT2D eigenvalue weighted by Gasteiger charge is -2.05. The fraction of sp³-hybridized carbons (Fsp3) is 0.400. The summed E-state index contributed by atoms with van der Waals surface area (Å²) in [5.74, 6) is -0.130. The predicted molar refractivity (Wildman–Crippen MR) is 56.2 cm³/mol. The second kappa shape index (κ2) is 4.72. The average molecular weight is 246 g/mol. The second-order valence-corrected chi connectivity index (χ2v) is 3.94. The normalized spacial score (nSPS) is 10.5. The van der Waals surface area contributed by atoms with Crippen LogP contribution >= 0.6 is 15.9 Å². The Balaban J connectivity index is 2.88. The molecular weight excluding hydrogens is 233 g/mol. The van der Waals surface area contributed by atoms with Crippen LogP contribution in [0, 0.1) is 12.7 Å². The number of aryl methyl sites for hydroxylation is 2. The van der Waals surface area contributed by atoms with Gasteiger partial charge in [0.1, 0.15) is 5.82 Å². The lowest BCUT2D eigenvalue weighted by molar-refractivity contribution is 0.603. The highest BCUT2D eigenvalue weighted by Crippen LogP contribution is 2.21. The van der Waals surface area contributed by atoms with Gasteiger partial charge in [0.25, 0.3) is 0 Å². The molecule has 1 aromatic carbocycles. The van der Waals surface area contributed by atoms with Crippen LogP contribution in [0.4, 0.5) is 4.39 Å². The molecule has 0 fully saturated rings. The van der Waals surface area contributed by atoms with Crippen LogP contribution in [-0.2, 0) is 6.42 Å². The smallest absolute Gasteiger partial charge is 0.126 e. The van der Waals surface area contributed by atoms with Crippen molar-refractivity contribution in [2.75, 3.05) is 6.54 Å². The summed E-state index contributed by atoms with van der Waals surface area (Å²) in [6, 6.07) is 3.39. The minimum Gasteiger partial charge on any atom is -0.330 e. The molecule has 1 aromatic rings. The highest BCUT2D eigenvalue weighted by atomic mass is 79.9. The standard InChI is InChI=1S/C10H13BrFN/c1-7-5-10(12)8(3-2-4-13)6-9(7)11/h5-6H,2-4,13H2,1H3. The van der Waals surface area contributed by atoms with Crippen molar-refractivity contribution >= 4 is 15.9 Å². The maximum absolute atomic E-state index is 13.3. The molecule has 2 N–H and O–H groups in total. The van der Waals surface area contributed by atoms with Gasteiger partial charge in [0.15, 0.2) is 0 Å². The molecule has 0 saturated carbocycles. The Kier molecular flexibility index (Phi) is 3.88. The first-order valence-electron chi connectivity index (χ1n) is 4.29. The third-order valence-corrected chi connectivity index (χ3v) is 2.83. The molecule has 1 nitrogen and oxygen atoms in total. The van der Waals surface area contributed by atoms with Crippen LogP contribution in [0.5, 0.6) is 0 Å². The molecule has 0 aliphatic rings. The van der Waals surface area contributed by atoms with Gasteiger partial charge in [0.05, 0.1) is 0 Å². The molecule has 0 bridgehead atoms. The molecule has 0 aliphatic carbocycles. The number of halogens is 2. The summed E-state index contributed by atoms with van der Waals surface area (Å²) in [6.45, 7) is 2.48. The number of rotatable bonds is 3. The number of benzene rings is 1. The molecule has 3 heteroatoms. The lowest BCUT2D eigenvalue weighted by Crippen LogP contribution is -2.02. The molecule has 0 saturated heterocycles. The maximum atomic E-state index is 13.3.